The highest BCUT2D eigenvalue weighted by atomic mass is 16.5. The lowest BCUT2D eigenvalue weighted by Gasteiger charge is -2.20. The molecule has 0 radical (unpaired) electrons. The van der Waals surface area contributed by atoms with Gasteiger partial charge < -0.3 is 9.47 Å². The van der Waals surface area contributed by atoms with Gasteiger partial charge in [0.25, 0.3) is 0 Å². The summed E-state index contributed by atoms with van der Waals surface area (Å²) in [6, 6.07) is 9.91. The zero-order valence-electron chi connectivity index (χ0n) is 8.93. The molecule has 0 unspecified atom stereocenters. The molecule has 2 heterocycles. The fraction of sp³-hybridized carbons (Fsp3) is 0.154. The van der Waals surface area contributed by atoms with E-state index in [2.05, 4.69) is 4.98 Å². The first-order valence-corrected chi connectivity index (χ1v) is 5.13. The predicted octanol–water partition coefficient (Wildman–Crippen LogP) is 2.65. The van der Waals surface area contributed by atoms with Crippen LogP contribution in [0.25, 0.3) is 11.1 Å². The van der Waals surface area contributed by atoms with E-state index in [1.165, 1.54) is 0 Å². The molecule has 3 heteroatoms. The van der Waals surface area contributed by atoms with Gasteiger partial charge >= 0.3 is 0 Å². The van der Waals surface area contributed by atoms with Crippen LogP contribution >= 0.6 is 0 Å². The second-order valence-corrected chi connectivity index (χ2v) is 3.67. The number of hydrogen-bond donors (Lipinski definition) is 0. The minimum absolute atomic E-state index is 0.575. The van der Waals surface area contributed by atoms with Gasteiger partial charge in [0.15, 0.2) is 0 Å². The van der Waals surface area contributed by atoms with Gasteiger partial charge in [0.05, 0.1) is 7.11 Å². The first-order chi connectivity index (χ1) is 7.88. The standard InChI is InChI=1S/C13H11NO2/c1-15-13-6-9-8-16-12-5-3-2-4-10(12)11(9)7-14-13/h2-7H,8H2,1H3. The summed E-state index contributed by atoms with van der Waals surface area (Å²) in [6.07, 6.45) is 1.84. The molecule has 1 aromatic heterocycles. The van der Waals surface area contributed by atoms with Crippen LogP contribution in [-0.2, 0) is 6.61 Å². The van der Waals surface area contributed by atoms with Crippen LogP contribution in [0.4, 0.5) is 0 Å². The predicted molar refractivity (Wildman–Crippen MR) is 60.6 cm³/mol. The highest BCUT2D eigenvalue weighted by Gasteiger charge is 2.17. The highest BCUT2D eigenvalue weighted by molar-refractivity contribution is 5.74. The number of hydrogen-bond acceptors (Lipinski definition) is 3. The topological polar surface area (TPSA) is 31.4 Å². The number of fused-ring (bicyclic) bond motifs is 3. The minimum Gasteiger partial charge on any atom is -0.488 e. The van der Waals surface area contributed by atoms with Crippen molar-refractivity contribution >= 4 is 0 Å². The van der Waals surface area contributed by atoms with Crippen molar-refractivity contribution in [3.8, 4) is 22.8 Å². The van der Waals surface area contributed by atoms with Crippen LogP contribution in [0.2, 0.25) is 0 Å². The van der Waals surface area contributed by atoms with Crippen molar-refractivity contribution in [2.75, 3.05) is 7.11 Å². The van der Waals surface area contributed by atoms with Crippen molar-refractivity contribution in [1.82, 2.24) is 4.98 Å². The van der Waals surface area contributed by atoms with E-state index in [9.17, 15) is 0 Å². The molecular formula is C13H11NO2. The maximum atomic E-state index is 5.67. The quantitative estimate of drug-likeness (QED) is 0.729. The molecule has 1 aliphatic rings. The molecule has 0 saturated heterocycles. The second-order valence-electron chi connectivity index (χ2n) is 3.67. The maximum absolute atomic E-state index is 5.67. The third kappa shape index (κ3) is 1.33. The summed E-state index contributed by atoms with van der Waals surface area (Å²) in [6.45, 7) is 0.575. The zero-order valence-corrected chi connectivity index (χ0v) is 8.93. The Morgan fingerprint density at radius 2 is 2.12 bits per heavy atom. The summed E-state index contributed by atoms with van der Waals surface area (Å²) < 4.78 is 10.8. The van der Waals surface area contributed by atoms with Crippen molar-refractivity contribution in [3.05, 3.63) is 42.1 Å². The van der Waals surface area contributed by atoms with E-state index in [-0.39, 0.29) is 0 Å². The van der Waals surface area contributed by atoms with Crippen molar-refractivity contribution in [1.29, 1.82) is 0 Å². The Bertz CT molecular complexity index is 537. The monoisotopic (exact) mass is 213 g/mol. The third-order valence-corrected chi connectivity index (χ3v) is 2.73. The fourth-order valence-corrected chi connectivity index (χ4v) is 1.92. The zero-order chi connectivity index (χ0) is 11.0. The Morgan fingerprint density at radius 3 is 3.00 bits per heavy atom. The molecule has 16 heavy (non-hydrogen) atoms. The Morgan fingerprint density at radius 1 is 1.25 bits per heavy atom. The van der Waals surface area contributed by atoms with E-state index in [0.29, 0.717) is 12.5 Å². The largest absolute Gasteiger partial charge is 0.488 e. The molecule has 1 aliphatic heterocycles. The minimum atomic E-state index is 0.575. The molecule has 0 saturated carbocycles. The Hall–Kier alpha value is -2.03. The van der Waals surface area contributed by atoms with Gasteiger partial charge in [0.1, 0.15) is 12.4 Å². The van der Waals surface area contributed by atoms with Crippen LogP contribution < -0.4 is 9.47 Å². The maximum Gasteiger partial charge on any atom is 0.213 e. The average Bonchev–Trinajstić information content (AvgIpc) is 2.38. The number of aromatic nitrogens is 1. The van der Waals surface area contributed by atoms with E-state index < -0.39 is 0 Å². The number of ether oxygens (including phenoxy) is 2. The summed E-state index contributed by atoms with van der Waals surface area (Å²) in [5.74, 6) is 1.55. The number of nitrogens with zero attached hydrogens (tertiary/aromatic N) is 1. The van der Waals surface area contributed by atoms with Crippen LogP contribution in [0.1, 0.15) is 5.56 Å². The second kappa shape index (κ2) is 3.52. The summed E-state index contributed by atoms with van der Waals surface area (Å²) in [4.78, 5) is 4.23. The molecule has 0 spiro atoms. The SMILES string of the molecule is COc1cc2c(cn1)-c1ccccc1OC2. The van der Waals surface area contributed by atoms with E-state index >= 15 is 0 Å². The number of benzene rings is 1. The van der Waals surface area contributed by atoms with Crippen molar-refractivity contribution in [2.45, 2.75) is 6.61 Å². The number of pyridine rings is 1. The number of rotatable bonds is 1. The average molecular weight is 213 g/mol. The van der Waals surface area contributed by atoms with Crippen LogP contribution in [-0.4, -0.2) is 12.1 Å². The van der Waals surface area contributed by atoms with Crippen LogP contribution in [0.5, 0.6) is 11.6 Å². The Kier molecular flexibility index (Phi) is 2.03. The van der Waals surface area contributed by atoms with Crippen molar-refractivity contribution in [3.63, 3.8) is 0 Å². The molecular weight excluding hydrogens is 202 g/mol. The molecule has 0 atom stereocenters. The van der Waals surface area contributed by atoms with Crippen LogP contribution in [0.15, 0.2) is 36.5 Å². The van der Waals surface area contributed by atoms with Crippen LogP contribution in [0.3, 0.4) is 0 Å². The molecule has 0 aliphatic carbocycles. The molecule has 2 aromatic rings. The summed E-state index contributed by atoms with van der Waals surface area (Å²) in [7, 11) is 1.62. The van der Waals surface area contributed by atoms with Gasteiger partial charge in [-0.15, -0.1) is 0 Å². The van der Waals surface area contributed by atoms with Gasteiger partial charge in [0.2, 0.25) is 5.88 Å². The molecule has 0 bridgehead atoms. The molecule has 0 amide bonds. The van der Waals surface area contributed by atoms with Crippen LogP contribution in [0, 0.1) is 0 Å². The molecule has 0 N–H and O–H groups in total. The van der Waals surface area contributed by atoms with E-state index in [4.69, 9.17) is 9.47 Å². The normalized spacial score (nSPS) is 12.3. The first kappa shape index (κ1) is 9.21. The lowest BCUT2D eigenvalue weighted by atomic mass is 9.99. The van der Waals surface area contributed by atoms with Gasteiger partial charge in [-0.1, -0.05) is 18.2 Å². The van der Waals surface area contributed by atoms with E-state index in [1.54, 1.807) is 7.11 Å². The van der Waals surface area contributed by atoms with Gasteiger partial charge in [-0.3, -0.25) is 0 Å². The van der Waals surface area contributed by atoms with E-state index in [0.717, 1.165) is 22.4 Å². The smallest absolute Gasteiger partial charge is 0.213 e. The van der Waals surface area contributed by atoms with E-state index in [1.807, 2.05) is 36.5 Å². The van der Waals surface area contributed by atoms with Crippen molar-refractivity contribution < 1.29 is 9.47 Å². The summed E-state index contributed by atoms with van der Waals surface area (Å²) in [5, 5.41) is 0. The third-order valence-electron chi connectivity index (χ3n) is 2.73. The van der Waals surface area contributed by atoms with Gasteiger partial charge in [-0.25, -0.2) is 4.98 Å². The van der Waals surface area contributed by atoms with Crippen molar-refractivity contribution in [2.24, 2.45) is 0 Å². The van der Waals surface area contributed by atoms with Gasteiger partial charge in [-0.2, -0.15) is 0 Å². The molecule has 80 valence electrons. The highest BCUT2D eigenvalue weighted by Crippen LogP contribution is 2.37. The molecule has 3 nitrogen and oxygen atoms in total. The lowest BCUT2D eigenvalue weighted by Crippen LogP contribution is -2.06. The Balaban J connectivity index is 2.18. The molecule has 1 aromatic carbocycles. The molecule has 3 rings (SSSR count). The number of methoxy groups -OCH3 is 1. The first-order valence-electron chi connectivity index (χ1n) is 5.13. The fourth-order valence-electron chi connectivity index (χ4n) is 1.92. The van der Waals surface area contributed by atoms with Gasteiger partial charge in [0, 0.05) is 29.0 Å². The lowest BCUT2D eigenvalue weighted by molar-refractivity contribution is 0.300. The summed E-state index contributed by atoms with van der Waals surface area (Å²) in [5.41, 5.74) is 3.34. The van der Waals surface area contributed by atoms with Gasteiger partial charge in [-0.05, 0) is 6.07 Å². The number of para-hydroxylation sites is 1. The Labute approximate surface area is 93.7 Å². The summed E-state index contributed by atoms with van der Waals surface area (Å²) >= 11 is 0. The molecule has 0 fully saturated rings.